The van der Waals surface area contributed by atoms with Gasteiger partial charge in [0.15, 0.2) is 17.7 Å². The molecule has 2 aromatic heterocycles. The van der Waals surface area contributed by atoms with Crippen LogP contribution >= 0.6 is 35.2 Å². The second-order valence-electron chi connectivity index (χ2n) is 13.7. The number of nitrogens with two attached hydrogens (primary N) is 1. The van der Waals surface area contributed by atoms with Gasteiger partial charge in [-0.1, -0.05) is 50.9 Å². The first kappa shape index (κ1) is 49.7. The van der Waals surface area contributed by atoms with Gasteiger partial charge in [0.25, 0.3) is 0 Å². The highest BCUT2D eigenvalue weighted by molar-refractivity contribution is 8.14. The lowest BCUT2D eigenvalue weighted by atomic mass is 9.87. The van der Waals surface area contributed by atoms with E-state index >= 15 is 0 Å². The normalized spacial score (nSPS) is 21.7. The van der Waals surface area contributed by atoms with Crippen molar-refractivity contribution >= 4 is 69.1 Å². The Labute approximate surface area is 337 Å². The Morgan fingerprint density at radius 1 is 1.05 bits per heavy atom. The SMILES string of the molecule is CCCCC/C(C)=C/C(=O)SCCNC(=O)CCNC(=O)C(O)C(C)(C)COP(=O)(O)OP(=O)(O)OC[C@H]1O[C@@H](n2cnc3c(N)ncnc32)[C@H](O)[C@@H]1OP(=O)(O)O. The van der Waals surface area contributed by atoms with E-state index in [2.05, 4.69) is 41.3 Å². The number of imidazole rings is 1. The molecule has 1 fully saturated rings. The number of phosphoric ester groups is 3. The Balaban J connectivity index is 1.46. The van der Waals surface area contributed by atoms with Gasteiger partial charge in [0.05, 0.1) is 19.5 Å². The van der Waals surface area contributed by atoms with Crippen LogP contribution in [0.25, 0.3) is 11.2 Å². The highest BCUT2D eigenvalue weighted by atomic mass is 32.2. The highest BCUT2D eigenvalue weighted by Crippen LogP contribution is 2.61. The molecule has 0 aromatic carbocycles. The van der Waals surface area contributed by atoms with Gasteiger partial charge in [0.1, 0.15) is 36.3 Å². The predicted octanol–water partition coefficient (Wildman–Crippen LogP) is 1.19. The smallest absolute Gasteiger partial charge is 0.386 e. The molecule has 2 amide bonds. The third kappa shape index (κ3) is 15.7. The molecule has 0 aliphatic carbocycles. The van der Waals surface area contributed by atoms with E-state index in [9.17, 15) is 57.9 Å². The number of carbonyl (C=O) groups is 3. The predicted molar refractivity (Wildman–Crippen MR) is 205 cm³/mol. The number of aliphatic hydroxyl groups excluding tert-OH is 2. The summed E-state index contributed by atoms with van der Waals surface area (Å²) in [5, 5.41) is 26.3. The molecule has 0 radical (unpaired) electrons. The number of fused-ring (bicyclic) bond motifs is 1. The molecule has 0 saturated carbocycles. The van der Waals surface area contributed by atoms with Crippen molar-refractivity contribution in [2.75, 3.05) is 37.8 Å². The van der Waals surface area contributed by atoms with Crippen LogP contribution in [0.2, 0.25) is 0 Å². The summed E-state index contributed by atoms with van der Waals surface area (Å²) in [6.45, 7) is 4.49. The number of nitrogens with one attached hydrogen (secondary N) is 2. The van der Waals surface area contributed by atoms with Gasteiger partial charge < -0.3 is 50.9 Å². The number of aromatic nitrogens is 4. The topological polar surface area (TPSA) is 364 Å². The molecule has 1 aliphatic heterocycles. The molecule has 7 atom stereocenters. The molecule has 24 nitrogen and oxygen atoms in total. The van der Waals surface area contributed by atoms with Crippen LogP contribution in [0.4, 0.5) is 5.82 Å². The van der Waals surface area contributed by atoms with E-state index in [1.165, 1.54) is 13.8 Å². The van der Waals surface area contributed by atoms with Gasteiger partial charge in [-0.05, 0) is 25.8 Å². The van der Waals surface area contributed by atoms with Gasteiger partial charge in [0, 0.05) is 30.7 Å². The number of phosphoric acid groups is 3. The van der Waals surface area contributed by atoms with Crippen LogP contribution in [0.15, 0.2) is 24.3 Å². The maximum absolute atomic E-state index is 12.7. The number of unbranched alkanes of at least 4 members (excludes halogenated alkanes) is 2. The zero-order valence-corrected chi connectivity index (χ0v) is 35.5. The fourth-order valence-corrected chi connectivity index (χ4v) is 8.77. The molecule has 10 N–H and O–H groups in total. The highest BCUT2D eigenvalue weighted by Gasteiger charge is 2.50. The van der Waals surface area contributed by atoms with E-state index in [1.54, 1.807) is 6.08 Å². The zero-order chi connectivity index (χ0) is 43.5. The van der Waals surface area contributed by atoms with Crippen LogP contribution < -0.4 is 16.4 Å². The summed E-state index contributed by atoms with van der Waals surface area (Å²) in [5.74, 6) is -1.11. The molecule has 58 heavy (non-hydrogen) atoms. The van der Waals surface area contributed by atoms with E-state index < -0.39 is 84.6 Å². The molecule has 3 unspecified atom stereocenters. The van der Waals surface area contributed by atoms with E-state index in [1.807, 2.05) is 6.92 Å². The summed E-state index contributed by atoms with van der Waals surface area (Å²) in [5.41, 5.74) is 5.26. The minimum absolute atomic E-state index is 0.0310. The van der Waals surface area contributed by atoms with Crippen LogP contribution in [-0.4, -0.2) is 123 Å². The summed E-state index contributed by atoms with van der Waals surface area (Å²) in [6, 6.07) is 0. The summed E-state index contributed by atoms with van der Waals surface area (Å²) in [6.07, 6.45) is -1.29. The summed E-state index contributed by atoms with van der Waals surface area (Å²) < 4.78 is 62.2. The number of nitrogen functional groups attached to an aromatic ring is 1. The van der Waals surface area contributed by atoms with Gasteiger partial charge in [-0.25, -0.2) is 28.6 Å². The van der Waals surface area contributed by atoms with Gasteiger partial charge in [0.2, 0.25) is 16.9 Å². The lowest BCUT2D eigenvalue weighted by Gasteiger charge is -2.30. The number of hydrogen-bond acceptors (Lipinski definition) is 18. The molecule has 0 spiro atoms. The molecule has 0 bridgehead atoms. The number of thioether (sulfide) groups is 1. The number of carbonyl (C=O) groups excluding carboxylic acids is 3. The van der Waals surface area contributed by atoms with Crippen LogP contribution in [-0.2, 0) is 50.7 Å². The minimum Gasteiger partial charge on any atom is -0.386 e. The molecular weight excluding hydrogens is 855 g/mol. The third-order valence-electron chi connectivity index (χ3n) is 8.29. The molecular formula is C30H50N7O17P3S. The summed E-state index contributed by atoms with van der Waals surface area (Å²) in [7, 11) is -16.4. The van der Waals surface area contributed by atoms with Crippen molar-refractivity contribution in [3.8, 4) is 0 Å². The first-order valence-corrected chi connectivity index (χ1v) is 23.2. The van der Waals surface area contributed by atoms with Gasteiger partial charge >= 0.3 is 23.5 Å². The Hall–Kier alpha value is -2.70. The molecule has 2 aromatic rings. The van der Waals surface area contributed by atoms with Crippen molar-refractivity contribution in [1.82, 2.24) is 30.2 Å². The number of rotatable bonds is 24. The molecule has 1 aliphatic rings. The fraction of sp³-hybridized carbons (Fsp3) is 0.667. The number of nitrogens with zero attached hydrogens (tertiary/aromatic N) is 4. The van der Waals surface area contributed by atoms with E-state index in [0.717, 1.165) is 60.2 Å². The van der Waals surface area contributed by atoms with Crippen LogP contribution in [0.1, 0.15) is 66.0 Å². The monoisotopic (exact) mass is 905 g/mol. The molecule has 328 valence electrons. The Morgan fingerprint density at radius 3 is 2.41 bits per heavy atom. The van der Waals surface area contributed by atoms with Crippen molar-refractivity contribution in [2.24, 2.45) is 5.41 Å². The van der Waals surface area contributed by atoms with Crippen molar-refractivity contribution in [1.29, 1.82) is 0 Å². The molecule has 3 heterocycles. The minimum atomic E-state index is -5.57. The summed E-state index contributed by atoms with van der Waals surface area (Å²) in [4.78, 5) is 87.8. The number of ether oxygens (including phenoxy) is 1. The van der Waals surface area contributed by atoms with Crippen LogP contribution in [0.5, 0.6) is 0 Å². The standard InChI is InChI=1S/C30H50N7O17P3S/c1-5-6-7-8-18(2)13-21(39)58-12-11-32-20(38)9-10-33-28(42)25(41)30(3,4)15-51-57(48,49)54-56(46,47)50-14-19-24(53-55(43,44)45)23(40)29(52-19)37-17-36-22-26(31)34-16-35-27(22)37/h13,16-17,19,23-25,29,40-41H,5-12,14-15H2,1-4H3,(H,32,38)(H,33,42)(H,46,47)(H,48,49)(H2,31,34,35)(H2,43,44,45)/b18-13+/t19-,23-,24-,25?,29-/m1/s1. The number of hydrogen-bond donors (Lipinski definition) is 9. The average molecular weight is 906 g/mol. The molecule has 1 saturated heterocycles. The lowest BCUT2D eigenvalue weighted by Crippen LogP contribution is -2.46. The fourth-order valence-electron chi connectivity index (χ4n) is 5.25. The second kappa shape index (κ2) is 21.7. The van der Waals surface area contributed by atoms with Crippen molar-refractivity contribution in [3.05, 3.63) is 24.3 Å². The molecule has 28 heteroatoms. The van der Waals surface area contributed by atoms with Crippen LogP contribution in [0, 0.1) is 5.41 Å². The van der Waals surface area contributed by atoms with Gasteiger partial charge in [-0.15, -0.1) is 0 Å². The van der Waals surface area contributed by atoms with E-state index in [4.69, 9.17) is 19.5 Å². The quantitative estimate of drug-likeness (QED) is 0.0406. The number of anilines is 1. The van der Waals surface area contributed by atoms with Crippen LogP contribution in [0.3, 0.4) is 0 Å². The molecule has 3 rings (SSSR count). The number of amides is 2. The largest absolute Gasteiger partial charge is 0.481 e. The first-order valence-electron chi connectivity index (χ1n) is 17.7. The van der Waals surface area contributed by atoms with Gasteiger partial charge in [-0.2, -0.15) is 4.31 Å². The Bertz CT molecular complexity index is 1910. The zero-order valence-electron chi connectivity index (χ0n) is 32.0. The van der Waals surface area contributed by atoms with E-state index in [-0.39, 0.29) is 41.6 Å². The first-order chi connectivity index (χ1) is 26.9. The summed E-state index contributed by atoms with van der Waals surface area (Å²) >= 11 is 1.06. The maximum atomic E-state index is 12.7. The maximum Gasteiger partial charge on any atom is 0.481 e. The third-order valence-corrected chi connectivity index (χ3v) is 12.2. The van der Waals surface area contributed by atoms with Gasteiger partial charge in [-0.3, -0.25) is 32.5 Å². The average Bonchev–Trinajstić information content (AvgIpc) is 3.68. The van der Waals surface area contributed by atoms with Crippen molar-refractivity contribution < 1.29 is 80.5 Å². The van der Waals surface area contributed by atoms with Crippen molar-refractivity contribution in [3.63, 3.8) is 0 Å². The number of allylic oxidation sites excluding steroid dienone is 1. The lowest BCUT2D eigenvalue weighted by molar-refractivity contribution is -0.137. The number of aliphatic hydroxyl groups is 2. The second-order valence-corrected chi connectivity index (χ2v) is 19.0. The van der Waals surface area contributed by atoms with Crippen molar-refractivity contribution in [2.45, 2.75) is 90.4 Å². The Morgan fingerprint density at radius 2 is 1.74 bits per heavy atom. The Kier molecular flexibility index (Phi) is 18.6. The van der Waals surface area contributed by atoms with E-state index in [0.29, 0.717) is 5.75 Å².